The third-order valence-electron chi connectivity index (χ3n) is 3.67. The second-order valence-electron chi connectivity index (χ2n) is 5.33. The maximum absolute atomic E-state index is 12.4. The minimum Gasteiger partial charge on any atom is -0.496 e. The molecule has 128 valence electrons. The van der Waals surface area contributed by atoms with Crippen LogP contribution in [0.2, 0.25) is 0 Å². The largest absolute Gasteiger partial charge is 0.496 e. The first-order valence-corrected chi connectivity index (χ1v) is 8.77. The molecule has 2 rings (SSSR count). The molecular weight excluding hydrogens is 328 g/mol. The number of carbonyl (C=O) groups is 1. The summed E-state index contributed by atoms with van der Waals surface area (Å²) < 4.78 is 31.5. The molecule has 7 heteroatoms. The van der Waals surface area contributed by atoms with Crippen LogP contribution in [-0.4, -0.2) is 28.5 Å². The smallest absolute Gasteiger partial charge is 0.255 e. The van der Waals surface area contributed by atoms with Gasteiger partial charge in [0.05, 0.1) is 12.0 Å². The lowest BCUT2D eigenvalue weighted by Gasteiger charge is -2.11. The summed E-state index contributed by atoms with van der Waals surface area (Å²) in [7, 11) is -0.703. The maximum Gasteiger partial charge on any atom is 0.255 e. The average Bonchev–Trinajstić information content (AvgIpc) is 2.56. The number of benzene rings is 2. The fourth-order valence-electron chi connectivity index (χ4n) is 2.24. The van der Waals surface area contributed by atoms with Gasteiger partial charge in [0.15, 0.2) is 0 Å². The van der Waals surface area contributed by atoms with E-state index in [-0.39, 0.29) is 10.8 Å². The Morgan fingerprint density at radius 1 is 1.04 bits per heavy atom. The number of carbonyl (C=O) groups excluding carboxylic acids is 1. The van der Waals surface area contributed by atoms with Gasteiger partial charge in [-0.3, -0.25) is 4.79 Å². The van der Waals surface area contributed by atoms with Crippen LogP contribution >= 0.6 is 0 Å². The van der Waals surface area contributed by atoms with Crippen molar-refractivity contribution in [1.82, 2.24) is 4.72 Å². The van der Waals surface area contributed by atoms with Gasteiger partial charge in [0.25, 0.3) is 5.91 Å². The highest BCUT2D eigenvalue weighted by Crippen LogP contribution is 2.22. The van der Waals surface area contributed by atoms with Gasteiger partial charge in [-0.05, 0) is 56.3 Å². The molecule has 0 atom stereocenters. The third-order valence-corrected chi connectivity index (χ3v) is 5.23. The number of ether oxygens (including phenoxy) is 1. The van der Waals surface area contributed by atoms with Crippen LogP contribution in [0.25, 0.3) is 0 Å². The lowest BCUT2D eigenvalue weighted by molar-refractivity contribution is 0.102. The van der Waals surface area contributed by atoms with Crippen molar-refractivity contribution >= 4 is 21.6 Å². The Hall–Kier alpha value is -2.38. The number of aryl methyl sites for hydroxylation is 2. The van der Waals surface area contributed by atoms with Gasteiger partial charge in [-0.15, -0.1) is 0 Å². The predicted molar refractivity (Wildman–Crippen MR) is 93.1 cm³/mol. The number of methoxy groups -OCH3 is 1. The van der Waals surface area contributed by atoms with E-state index in [9.17, 15) is 13.2 Å². The van der Waals surface area contributed by atoms with Crippen molar-refractivity contribution in [3.05, 3.63) is 53.1 Å². The zero-order chi connectivity index (χ0) is 17.9. The highest BCUT2D eigenvalue weighted by molar-refractivity contribution is 7.89. The van der Waals surface area contributed by atoms with Crippen LogP contribution in [0.15, 0.2) is 41.3 Å². The number of sulfonamides is 1. The van der Waals surface area contributed by atoms with E-state index in [1.807, 2.05) is 6.92 Å². The molecule has 2 aromatic rings. The lowest BCUT2D eigenvalue weighted by Crippen LogP contribution is -2.20. The van der Waals surface area contributed by atoms with Crippen LogP contribution in [-0.2, 0) is 10.0 Å². The molecule has 0 heterocycles. The van der Waals surface area contributed by atoms with Crippen LogP contribution in [0, 0.1) is 13.8 Å². The van der Waals surface area contributed by atoms with Crippen LogP contribution in [0.1, 0.15) is 21.5 Å². The van der Waals surface area contributed by atoms with Crippen LogP contribution in [0.5, 0.6) is 5.75 Å². The van der Waals surface area contributed by atoms with Crippen molar-refractivity contribution in [3.8, 4) is 5.75 Å². The Morgan fingerprint density at radius 3 is 2.33 bits per heavy atom. The van der Waals surface area contributed by atoms with Crippen molar-refractivity contribution in [1.29, 1.82) is 0 Å². The highest BCUT2D eigenvalue weighted by atomic mass is 32.2. The van der Waals surface area contributed by atoms with Gasteiger partial charge in [-0.1, -0.05) is 12.1 Å². The summed E-state index contributed by atoms with van der Waals surface area (Å²) in [6.07, 6.45) is 0. The topological polar surface area (TPSA) is 84.5 Å². The SMILES string of the molecule is CNS(=O)(=O)c1cc(NC(=O)c2ccc(C)c(OC)c2)ccc1C. The molecule has 0 saturated carbocycles. The third kappa shape index (κ3) is 3.74. The molecule has 0 bridgehead atoms. The van der Waals surface area contributed by atoms with Gasteiger partial charge in [0, 0.05) is 11.3 Å². The maximum atomic E-state index is 12.4. The van der Waals surface area contributed by atoms with E-state index in [0.717, 1.165) is 5.56 Å². The number of hydrogen-bond donors (Lipinski definition) is 2. The van der Waals surface area contributed by atoms with Crippen LogP contribution in [0.3, 0.4) is 0 Å². The van der Waals surface area contributed by atoms with E-state index < -0.39 is 10.0 Å². The quantitative estimate of drug-likeness (QED) is 0.869. The first kappa shape index (κ1) is 18.0. The number of rotatable bonds is 5. The van der Waals surface area contributed by atoms with E-state index in [4.69, 9.17) is 4.74 Å². The van der Waals surface area contributed by atoms with Crippen LogP contribution < -0.4 is 14.8 Å². The Morgan fingerprint density at radius 2 is 1.71 bits per heavy atom. The van der Waals surface area contributed by atoms with Crippen molar-refractivity contribution < 1.29 is 17.9 Å². The van der Waals surface area contributed by atoms with Crippen molar-refractivity contribution in [3.63, 3.8) is 0 Å². The predicted octanol–water partition coefficient (Wildman–Crippen LogP) is 2.47. The summed E-state index contributed by atoms with van der Waals surface area (Å²) in [4.78, 5) is 12.5. The molecule has 0 saturated heterocycles. The van der Waals surface area contributed by atoms with Gasteiger partial charge in [0.1, 0.15) is 5.75 Å². The summed E-state index contributed by atoms with van der Waals surface area (Å²) >= 11 is 0. The lowest BCUT2D eigenvalue weighted by atomic mass is 10.1. The molecule has 0 fully saturated rings. The second-order valence-corrected chi connectivity index (χ2v) is 7.18. The average molecular weight is 348 g/mol. The fourth-order valence-corrected chi connectivity index (χ4v) is 3.24. The highest BCUT2D eigenvalue weighted by Gasteiger charge is 2.16. The molecular formula is C17H20N2O4S. The zero-order valence-electron chi connectivity index (χ0n) is 14.0. The fraction of sp³-hybridized carbons (Fsp3) is 0.235. The molecule has 0 aromatic heterocycles. The molecule has 0 aliphatic rings. The zero-order valence-corrected chi connectivity index (χ0v) is 14.8. The molecule has 0 radical (unpaired) electrons. The molecule has 2 N–H and O–H groups in total. The first-order valence-electron chi connectivity index (χ1n) is 7.28. The van der Waals surface area contributed by atoms with E-state index in [1.54, 1.807) is 44.4 Å². The number of nitrogens with one attached hydrogen (secondary N) is 2. The minimum absolute atomic E-state index is 0.129. The Labute approximate surface area is 141 Å². The van der Waals surface area contributed by atoms with Gasteiger partial charge in [-0.2, -0.15) is 0 Å². The van der Waals surface area contributed by atoms with Gasteiger partial charge in [0.2, 0.25) is 10.0 Å². The minimum atomic E-state index is -3.59. The van der Waals surface area contributed by atoms with Gasteiger partial charge >= 0.3 is 0 Å². The Kier molecular flexibility index (Phi) is 5.26. The van der Waals surface area contributed by atoms with E-state index in [2.05, 4.69) is 10.0 Å². The summed E-state index contributed by atoms with van der Waals surface area (Å²) in [5.41, 5.74) is 2.35. The van der Waals surface area contributed by atoms with Crippen molar-refractivity contribution in [2.24, 2.45) is 0 Å². The summed E-state index contributed by atoms with van der Waals surface area (Å²) in [5.74, 6) is 0.273. The number of anilines is 1. The van der Waals surface area contributed by atoms with Gasteiger partial charge in [-0.25, -0.2) is 13.1 Å². The normalized spacial score (nSPS) is 11.2. The molecule has 0 spiro atoms. The van der Waals surface area contributed by atoms with Crippen LogP contribution in [0.4, 0.5) is 5.69 Å². The second kappa shape index (κ2) is 7.02. The van der Waals surface area contributed by atoms with Crippen molar-refractivity contribution in [2.75, 3.05) is 19.5 Å². The Bertz CT molecular complexity index is 876. The summed E-state index contributed by atoms with van der Waals surface area (Å²) in [5, 5.41) is 2.71. The Balaban J connectivity index is 2.31. The molecule has 6 nitrogen and oxygen atoms in total. The monoisotopic (exact) mass is 348 g/mol. The molecule has 0 aliphatic carbocycles. The van der Waals surface area contributed by atoms with E-state index in [1.165, 1.54) is 13.1 Å². The number of amides is 1. The molecule has 0 aliphatic heterocycles. The number of hydrogen-bond acceptors (Lipinski definition) is 4. The molecule has 24 heavy (non-hydrogen) atoms. The molecule has 2 aromatic carbocycles. The summed E-state index contributed by atoms with van der Waals surface area (Å²) in [6.45, 7) is 3.58. The molecule has 0 unspecified atom stereocenters. The summed E-state index contributed by atoms with van der Waals surface area (Å²) in [6, 6.07) is 9.86. The van der Waals surface area contributed by atoms with E-state index >= 15 is 0 Å². The first-order chi connectivity index (χ1) is 11.3. The van der Waals surface area contributed by atoms with Gasteiger partial charge < -0.3 is 10.1 Å². The van der Waals surface area contributed by atoms with E-state index in [0.29, 0.717) is 22.6 Å². The van der Waals surface area contributed by atoms with Crippen molar-refractivity contribution in [2.45, 2.75) is 18.7 Å². The standard InChI is InChI=1S/C17H20N2O4S/c1-11-5-7-13(9-15(11)23-4)17(20)19-14-8-6-12(2)16(10-14)24(21,22)18-3/h5-10,18H,1-4H3,(H,19,20). The molecule has 1 amide bonds.